The average Bonchev–Trinajstić information content (AvgIpc) is 2.95. The lowest BCUT2D eigenvalue weighted by Crippen LogP contribution is -2.13. The Bertz CT molecular complexity index is 824. The topological polar surface area (TPSA) is 68.5 Å². The maximum absolute atomic E-state index is 12.3. The minimum Gasteiger partial charge on any atom is -0.348 e. The van der Waals surface area contributed by atoms with Crippen LogP contribution in [-0.4, -0.2) is 24.3 Å². The molecule has 0 atom stereocenters. The molecule has 3 aromatic rings. The highest BCUT2D eigenvalue weighted by molar-refractivity contribution is 5.78. The van der Waals surface area contributed by atoms with Gasteiger partial charge in [0.25, 0.3) is 5.56 Å². The molecule has 3 heterocycles. The molecule has 1 N–H and O–H groups in total. The molecule has 0 bridgehead atoms. The Morgan fingerprint density at radius 3 is 2.80 bits per heavy atom. The van der Waals surface area contributed by atoms with Crippen molar-refractivity contribution in [1.82, 2.24) is 24.3 Å². The van der Waals surface area contributed by atoms with Crippen LogP contribution in [0.15, 0.2) is 23.1 Å². The summed E-state index contributed by atoms with van der Waals surface area (Å²) in [6.45, 7) is 2.09. The number of rotatable bonds is 3. The lowest BCUT2D eigenvalue weighted by molar-refractivity contribution is 0.751. The van der Waals surface area contributed by atoms with Crippen LogP contribution in [0.1, 0.15) is 19.0 Å². The van der Waals surface area contributed by atoms with E-state index in [0.29, 0.717) is 16.9 Å². The molecule has 20 heavy (non-hydrogen) atoms. The number of H-pyrrole nitrogens is 1. The highest BCUT2D eigenvalue weighted by Gasteiger charge is 2.15. The molecule has 104 valence electrons. The van der Waals surface area contributed by atoms with Gasteiger partial charge in [-0.25, -0.2) is 4.98 Å². The molecule has 0 amide bonds. The Kier molecular flexibility index (Phi) is 2.93. The minimum absolute atomic E-state index is 0.149. The molecule has 0 radical (unpaired) electrons. The molecule has 6 nitrogen and oxygen atoms in total. The van der Waals surface area contributed by atoms with Crippen LogP contribution in [0.3, 0.4) is 0 Å². The third-order valence-electron chi connectivity index (χ3n) is 3.44. The van der Waals surface area contributed by atoms with E-state index in [1.54, 1.807) is 11.7 Å². The molecular formula is C14H17N5O. The van der Waals surface area contributed by atoms with Crippen molar-refractivity contribution < 1.29 is 0 Å². The maximum atomic E-state index is 12.3. The number of fused-ring (bicyclic) bond motifs is 1. The van der Waals surface area contributed by atoms with Gasteiger partial charge < -0.3 is 9.55 Å². The van der Waals surface area contributed by atoms with E-state index < -0.39 is 0 Å². The Hall–Kier alpha value is -2.37. The molecule has 3 aromatic heterocycles. The highest BCUT2D eigenvalue weighted by Crippen LogP contribution is 2.19. The fourth-order valence-electron chi connectivity index (χ4n) is 2.48. The summed E-state index contributed by atoms with van der Waals surface area (Å²) in [6, 6.07) is 3.86. The summed E-state index contributed by atoms with van der Waals surface area (Å²) in [5.41, 5.74) is 2.85. The lowest BCUT2D eigenvalue weighted by Gasteiger charge is -2.03. The van der Waals surface area contributed by atoms with Crippen molar-refractivity contribution in [2.45, 2.75) is 19.8 Å². The van der Waals surface area contributed by atoms with E-state index in [0.717, 1.165) is 24.2 Å². The first-order chi connectivity index (χ1) is 9.61. The quantitative estimate of drug-likeness (QED) is 0.787. The minimum atomic E-state index is -0.149. The van der Waals surface area contributed by atoms with E-state index >= 15 is 0 Å². The maximum Gasteiger partial charge on any atom is 0.277 e. The number of hydrogen-bond donors (Lipinski definition) is 1. The molecule has 0 unspecified atom stereocenters. The van der Waals surface area contributed by atoms with Gasteiger partial charge in [-0.1, -0.05) is 13.3 Å². The molecule has 0 aliphatic carbocycles. The fraction of sp³-hybridized carbons (Fsp3) is 0.357. The SMILES string of the molecule is CCCc1nn(C)c2c(=O)[nH]c(-c3cccn3C)nc12. The number of aryl methyl sites for hydroxylation is 3. The summed E-state index contributed by atoms with van der Waals surface area (Å²) in [7, 11) is 3.70. The summed E-state index contributed by atoms with van der Waals surface area (Å²) in [6.07, 6.45) is 3.72. The molecule has 6 heteroatoms. The van der Waals surface area contributed by atoms with Gasteiger partial charge in [-0.15, -0.1) is 0 Å². The zero-order valence-corrected chi connectivity index (χ0v) is 11.8. The van der Waals surface area contributed by atoms with Crippen molar-refractivity contribution >= 4 is 11.0 Å². The zero-order valence-electron chi connectivity index (χ0n) is 11.8. The molecule has 0 aliphatic rings. The second-order valence-corrected chi connectivity index (χ2v) is 4.94. The Morgan fingerprint density at radius 2 is 2.15 bits per heavy atom. The van der Waals surface area contributed by atoms with Crippen LogP contribution in [0.4, 0.5) is 0 Å². The van der Waals surface area contributed by atoms with Crippen molar-refractivity contribution in [3.63, 3.8) is 0 Å². The lowest BCUT2D eigenvalue weighted by atomic mass is 10.2. The van der Waals surface area contributed by atoms with Gasteiger partial charge in [-0.2, -0.15) is 5.10 Å². The summed E-state index contributed by atoms with van der Waals surface area (Å²) in [5.74, 6) is 0.584. The smallest absolute Gasteiger partial charge is 0.277 e. The molecule has 0 aromatic carbocycles. The van der Waals surface area contributed by atoms with Gasteiger partial charge in [0.15, 0.2) is 11.3 Å². The first-order valence-corrected chi connectivity index (χ1v) is 6.69. The van der Waals surface area contributed by atoms with E-state index in [-0.39, 0.29) is 5.56 Å². The molecule has 0 saturated heterocycles. The van der Waals surface area contributed by atoms with Crippen molar-refractivity contribution in [2.24, 2.45) is 14.1 Å². The monoisotopic (exact) mass is 271 g/mol. The normalized spacial score (nSPS) is 11.3. The van der Waals surface area contributed by atoms with Gasteiger partial charge >= 0.3 is 0 Å². The molecular weight excluding hydrogens is 254 g/mol. The Balaban J connectivity index is 2.30. The van der Waals surface area contributed by atoms with E-state index in [1.165, 1.54) is 0 Å². The summed E-state index contributed by atoms with van der Waals surface area (Å²) < 4.78 is 3.54. The van der Waals surface area contributed by atoms with Crippen molar-refractivity contribution in [1.29, 1.82) is 0 Å². The largest absolute Gasteiger partial charge is 0.348 e. The number of hydrogen-bond acceptors (Lipinski definition) is 3. The van der Waals surface area contributed by atoms with Crippen LogP contribution in [-0.2, 0) is 20.5 Å². The van der Waals surface area contributed by atoms with Crippen LogP contribution in [0.5, 0.6) is 0 Å². The van der Waals surface area contributed by atoms with Crippen LogP contribution in [0.25, 0.3) is 22.6 Å². The van der Waals surface area contributed by atoms with E-state index in [9.17, 15) is 4.79 Å². The second kappa shape index (κ2) is 4.63. The van der Waals surface area contributed by atoms with E-state index in [1.807, 2.05) is 29.9 Å². The first-order valence-electron chi connectivity index (χ1n) is 6.69. The molecule has 0 spiro atoms. The Labute approximate surface area is 116 Å². The van der Waals surface area contributed by atoms with E-state index in [2.05, 4.69) is 22.0 Å². The van der Waals surface area contributed by atoms with Crippen LogP contribution in [0, 0.1) is 0 Å². The van der Waals surface area contributed by atoms with Crippen LogP contribution in [0.2, 0.25) is 0 Å². The van der Waals surface area contributed by atoms with Gasteiger partial charge in [-0.05, 0) is 18.6 Å². The van der Waals surface area contributed by atoms with Gasteiger partial charge in [0.1, 0.15) is 5.52 Å². The van der Waals surface area contributed by atoms with Crippen molar-refractivity contribution in [2.75, 3.05) is 0 Å². The summed E-state index contributed by atoms with van der Waals surface area (Å²) in [4.78, 5) is 19.7. The molecule has 0 fully saturated rings. The summed E-state index contributed by atoms with van der Waals surface area (Å²) >= 11 is 0. The van der Waals surface area contributed by atoms with Crippen molar-refractivity contribution in [3.05, 3.63) is 34.4 Å². The standard InChI is InChI=1S/C14H17N5O/c1-4-6-9-11-12(19(3)17-9)14(20)16-13(15-11)10-7-5-8-18(10)2/h5,7-8H,4,6H2,1-3H3,(H,15,16,20). The fourth-order valence-corrected chi connectivity index (χ4v) is 2.48. The molecule has 3 rings (SSSR count). The number of aromatic amines is 1. The number of aromatic nitrogens is 5. The predicted octanol–water partition coefficient (Wildman–Crippen LogP) is 1.61. The number of nitrogens with zero attached hydrogens (tertiary/aromatic N) is 4. The van der Waals surface area contributed by atoms with Gasteiger partial charge in [0, 0.05) is 20.3 Å². The summed E-state index contributed by atoms with van der Waals surface area (Å²) in [5, 5.41) is 4.41. The van der Waals surface area contributed by atoms with Crippen LogP contribution < -0.4 is 5.56 Å². The van der Waals surface area contributed by atoms with Gasteiger partial charge in [-0.3, -0.25) is 9.48 Å². The predicted molar refractivity (Wildman–Crippen MR) is 77.5 cm³/mol. The second-order valence-electron chi connectivity index (χ2n) is 4.94. The first kappa shape index (κ1) is 12.7. The number of nitrogens with one attached hydrogen (secondary N) is 1. The highest BCUT2D eigenvalue weighted by atomic mass is 16.1. The molecule has 0 saturated carbocycles. The van der Waals surface area contributed by atoms with Gasteiger partial charge in [0.05, 0.1) is 11.4 Å². The van der Waals surface area contributed by atoms with Gasteiger partial charge in [0.2, 0.25) is 0 Å². The molecule has 0 aliphatic heterocycles. The average molecular weight is 271 g/mol. The third-order valence-corrected chi connectivity index (χ3v) is 3.44. The van der Waals surface area contributed by atoms with E-state index in [4.69, 9.17) is 0 Å². The Morgan fingerprint density at radius 1 is 1.35 bits per heavy atom. The van der Waals surface area contributed by atoms with Crippen LogP contribution >= 0.6 is 0 Å². The zero-order chi connectivity index (χ0) is 14.3. The third kappa shape index (κ3) is 1.84. The van der Waals surface area contributed by atoms with Crippen molar-refractivity contribution in [3.8, 4) is 11.5 Å².